The Labute approximate surface area is 124 Å². The molecule has 3 N–H and O–H groups in total. The summed E-state index contributed by atoms with van der Waals surface area (Å²) < 4.78 is 0. The van der Waals surface area contributed by atoms with Crippen LogP contribution < -0.4 is 10.6 Å². The van der Waals surface area contributed by atoms with Crippen LogP contribution in [0.4, 0.5) is 10.5 Å². The summed E-state index contributed by atoms with van der Waals surface area (Å²) >= 11 is 0. The Morgan fingerprint density at radius 1 is 1.24 bits per heavy atom. The van der Waals surface area contributed by atoms with Gasteiger partial charge in [0.15, 0.2) is 0 Å². The molecule has 0 aromatic heterocycles. The maximum atomic E-state index is 11.9. The molecule has 1 fully saturated rings. The molecule has 0 heterocycles. The quantitative estimate of drug-likeness (QED) is 0.797. The predicted octanol–water partition coefficient (Wildman–Crippen LogP) is 3.01. The van der Waals surface area contributed by atoms with Gasteiger partial charge in [-0.25, -0.2) is 4.79 Å². The van der Waals surface area contributed by atoms with Gasteiger partial charge in [-0.15, -0.1) is 0 Å². The maximum Gasteiger partial charge on any atom is 0.319 e. The first-order valence-electron chi connectivity index (χ1n) is 7.41. The summed E-state index contributed by atoms with van der Waals surface area (Å²) in [6, 6.07) is 6.93. The molecule has 0 bridgehead atoms. The summed E-state index contributed by atoms with van der Waals surface area (Å²) in [5, 5.41) is 14.5. The third-order valence-electron chi connectivity index (χ3n) is 3.84. The van der Waals surface area contributed by atoms with Crippen molar-refractivity contribution < 1.29 is 14.7 Å². The van der Waals surface area contributed by atoms with Crippen molar-refractivity contribution >= 4 is 17.7 Å². The molecule has 0 aliphatic heterocycles. The topological polar surface area (TPSA) is 78.4 Å². The number of hydrogen-bond donors (Lipinski definition) is 3. The summed E-state index contributed by atoms with van der Waals surface area (Å²) in [7, 11) is 0. The van der Waals surface area contributed by atoms with Crippen molar-refractivity contribution in [2.24, 2.45) is 5.92 Å². The number of rotatable bonds is 4. The fourth-order valence-electron chi connectivity index (χ4n) is 2.80. The van der Waals surface area contributed by atoms with Gasteiger partial charge >= 0.3 is 12.0 Å². The molecule has 1 aliphatic rings. The second-order valence-corrected chi connectivity index (χ2v) is 5.83. The van der Waals surface area contributed by atoms with Crippen molar-refractivity contribution in [1.29, 1.82) is 0 Å². The minimum atomic E-state index is -0.861. The van der Waals surface area contributed by atoms with Gasteiger partial charge < -0.3 is 15.7 Å². The number of carbonyl (C=O) groups excluding carboxylic acids is 1. The van der Waals surface area contributed by atoms with Crippen LogP contribution in [0.15, 0.2) is 24.3 Å². The number of hydrogen-bond acceptors (Lipinski definition) is 2. The molecule has 2 atom stereocenters. The number of aliphatic carboxylic acids is 1. The van der Waals surface area contributed by atoms with E-state index >= 15 is 0 Å². The molecule has 0 saturated heterocycles. The Hall–Kier alpha value is -2.04. The fraction of sp³-hybridized carbons (Fsp3) is 0.500. The number of benzene rings is 1. The number of amides is 2. The van der Waals surface area contributed by atoms with Gasteiger partial charge in [-0.1, -0.05) is 31.9 Å². The zero-order valence-electron chi connectivity index (χ0n) is 12.3. The van der Waals surface area contributed by atoms with Crippen LogP contribution in [-0.2, 0) is 11.2 Å². The van der Waals surface area contributed by atoms with Crippen molar-refractivity contribution in [2.75, 3.05) is 5.32 Å². The highest BCUT2D eigenvalue weighted by molar-refractivity contribution is 5.89. The summed E-state index contributed by atoms with van der Waals surface area (Å²) in [5.74, 6) is -0.195. The highest BCUT2D eigenvalue weighted by atomic mass is 16.4. The second-order valence-electron chi connectivity index (χ2n) is 5.83. The third-order valence-corrected chi connectivity index (χ3v) is 3.84. The molecule has 1 saturated carbocycles. The Morgan fingerprint density at radius 3 is 2.57 bits per heavy atom. The van der Waals surface area contributed by atoms with Gasteiger partial charge in [0, 0.05) is 11.7 Å². The molecule has 2 amide bonds. The predicted molar refractivity (Wildman–Crippen MR) is 81.4 cm³/mol. The molecular weight excluding hydrogens is 268 g/mol. The van der Waals surface area contributed by atoms with Crippen LogP contribution in [0, 0.1) is 5.92 Å². The number of anilines is 1. The van der Waals surface area contributed by atoms with Crippen LogP contribution in [0.5, 0.6) is 0 Å². The maximum absolute atomic E-state index is 11.9. The third kappa shape index (κ3) is 5.10. The van der Waals surface area contributed by atoms with Gasteiger partial charge in [-0.05, 0) is 36.5 Å². The van der Waals surface area contributed by atoms with E-state index in [0.29, 0.717) is 11.6 Å². The molecule has 1 aliphatic carbocycles. The minimum absolute atomic E-state index is 0.00750. The Morgan fingerprint density at radius 2 is 1.95 bits per heavy atom. The Kier molecular flexibility index (Phi) is 5.20. The SMILES string of the molecule is CC1CCCC(NC(=O)Nc2ccc(CC(=O)O)cc2)C1. The van der Waals surface area contributed by atoms with Crippen molar-refractivity contribution in [3.05, 3.63) is 29.8 Å². The van der Waals surface area contributed by atoms with Gasteiger partial charge in [0.25, 0.3) is 0 Å². The molecule has 114 valence electrons. The van der Waals surface area contributed by atoms with E-state index in [1.807, 2.05) is 0 Å². The van der Waals surface area contributed by atoms with Gasteiger partial charge in [-0.2, -0.15) is 0 Å². The van der Waals surface area contributed by atoms with Crippen LogP contribution >= 0.6 is 0 Å². The average molecular weight is 290 g/mol. The van der Waals surface area contributed by atoms with Crippen LogP contribution in [-0.4, -0.2) is 23.1 Å². The molecule has 21 heavy (non-hydrogen) atoms. The lowest BCUT2D eigenvalue weighted by Crippen LogP contribution is -2.40. The van der Waals surface area contributed by atoms with Gasteiger partial charge in [0.1, 0.15) is 0 Å². The van der Waals surface area contributed by atoms with Crippen LogP contribution in [0.1, 0.15) is 38.2 Å². The van der Waals surface area contributed by atoms with Crippen molar-refractivity contribution in [3.63, 3.8) is 0 Å². The second kappa shape index (κ2) is 7.11. The van der Waals surface area contributed by atoms with Gasteiger partial charge in [0.05, 0.1) is 6.42 Å². The Bertz CT molecular complexity index is 499. The van der Waals surface area contributed by atoms with Crippen molar-refractivity contribution in [3.8, 4) is 0 Å². The number of nitrogens with one attached hydrogen (secondary N) is 2. The van der Waals surface area contributed by atoms with E-state index in [-0.39, 0.29) is 18.5 Å². The van der Waals surface area contributed by atoms with Gasteiger partial charge in [-0.3, -0.25) is 4.79 Å². The summed E-state index contributed by atoms with van der Waals surface area (Å²) in [5.41, 5.74) is 1.39. The largest absolute Gasteiger partial charge is 0.481 e. The Balaban J connectivity index is 1.83. The van der Waals surface area contributed by atoms with E-state index in [9.17, 15) is 9.59 Å². The standard InChI is InChI=1S/C16H22N2O3/c1-11-3-2-4-14(9-11)18-16(21)17-13-7-5-12(6-8-13)10-15(19)20/h5-8,11,14H,2-4,9-10H2,1H3,(H,19,20)(H2,17,18,21). The lowest BCUT2D eigenvalue weighted by atomic mass is 9.87. The number of carbonyl (C=O) groups is 2. The molecule has 5 nitrogen and oxygen atoms in total. The van der Waals surface area contributed by atoms with E-state index in [4.69, 9.17) is 5.11 Å². The molecule has 1 aromatic rings. The molecule has 5 heteroatoms. The van der Waals surface area contributed by atoms with Gasteiger partial charge in [0.2, 0.25) is 0 Å². The van der Waals surface area contributed by atoms with Crippen molar-refractivity contribution in [1.82, 2.24) is 5.32 Å². The first kappa shape index (κ1) is 15.4. The number of carboxylic acid groups (broad SMARTS) is 1. The van der Waals surface area contributed by atoms with E-state index in [2.05, 4.69) is 17.6 Å². The van der Waals surface area contributed by atoms with Crippen molar-refractivity contribution in [2.45, 2.75) is 45.1 Å². The summed E-state index contributed by atoms with van der Waals surface area (Å²) in [4.78, 5) is 22.5. The highest BCUT2D eigenvalue weighted by Gasteiger charge is 2.20. The van der Waals surface area contributed by atoms with E-state index in [0.717, 1.165) is 24.8 Å². The monoisotopic (exact) mass is 290 g/mol. The molecule has 2 rings (SSSR count). The first-order chi connectivity index (χ1) is 10.0. The lowest BCUT2D eigenvalue weighted by molar-refractivity contribution is -0.136. The fourth-order valence-corrected chi connectivity index (χ4v) is 2.80. The summed E-state index contributed by atoms with van der Waals surface area (Å²) in [6.07, 6.45) is 4.47. The normalized spacial score (nSPS) is 21.6. The smallest absolute Gasteiger partial charge is 0.319 e. The number of urea groups is 1. The average Bonchev–Trinajstić information content (AvgIpc) is 2.40. The minimum Gasteiger partial charge on any atom is -0.481 e. The zero-order valence-corrected chi connectivity index (χ0v) is 12.3. The number of carboxylic acids is 1. The van der Waals surface area contributed by atoms with Crippen LogP contribution in [0.2, 0.25) is 0 Å². The molecule has 0 spiro atoms. The van der Waals surface area contributed by atoms with Crippen LogP contribution in [0.25, 0.3) is 0 Å². The van der Waals surface area contributed by atoms with E-state index < -0.39 is 5.97 Å². The summed E-state index contributed by atoms with van der Waals surface area (Å²) in [6.45, 7) is 2.22. The first-order valence-corrected chi connectivity index (χ1v) is 7.41. The lowest BCUT2D eigenvalue weighted by Gasteiger charge is -2.27. The van der Waals surface area contributed by atoms with E-state index in [1.165, 1.54) is 6.42 Å². The molecule has 0 radical (unpaired) electrons. The molecular formula is C16H22N2O3. The van der Waals surface area contributed by atoms with Crippen LogP contribution in [0.3, 0.4) is 0 Å². The highest BCUT2D eigenvalue weighted by Crippen LogP contribution is 2.23. The zero-order chi connectivity index (χ0) is 15.2. The van der Waals surface area contributed by atoms with E-state index in [1.54, 1.807) is 24.3 Å². The molecule has 2 unspecified atom stereocenters. The molecule has 1 aromatic carbocycles.